The number of fused-ring (bicyclic) bond motifs is 1. The summed E-state index contributed by atoms with van der Waals surface area (Å²) < 4.78 is 83.1. The molecule has 2 aromatic rings. The number of carbonyl (C=O) groups excluding carboxylic acids is 1. The Morgan fingerprint density at radius 3 is 2.66 bits per heavy atom. The van der Waals surface area contributed by atoms with Crippen LogP contribution in [0.25, 0.3) is 0 Å². The first-order chi connectivity index (χ1) is 16.3. The minimum Gasteiger partial charge on any atom is -0.489 e. The van der Waals surface area contributed by atoms with Crippen LogP contribution in [-0.2, 0) is 14.8 Å². The average Bonchev–Trinajstić information content (AvgIpc) is 3.52. The largest absolute Gasteiger partial charge is 0.489 e. The van der Waals surface area contributed by atoms with Crippen LogP contribution >= 0.6 is 11.3 Å². The van der Waals surface area contributed by atoms with Gasteiger partial charge in [0.2, 0.25) is 15.7 Å². The summed E-state index contributed by atoms with van der Waals surface area (Å²) in [5, 5.41) is 2.93. The van der Waals surface area contributed by atoms with Gasteiger partial charge in [0, 0.05) is 11.6 Å². The minimum atomic E-state index is -4.77. The molecule has 1 saturated carbocycles. The molecule has 0 bridgehead atoms. The number of thiazole rings is 1. The van der Waals surface area contributed by atoms with Crippen molar-refractivity contribution in [3.05, 3.63) is 23.2 Å². The minimum absolute atomic E-state index is 0.0272. The molecule has 0 radical (unpaired) electrons. The van der Waals surface area contributed by atoms with Gasteiger partial charge in [-0.25, -0.2) is 9.78 Å². The molecule has 0 unspecified atom stereocenters. The normalized spacial score (nSPS) is 16.3. The van der Waals surface area contributed by atoms with E-state index in [9.17, 15) is 26.4 Å². The lowest BCUT2D eigenvalue weighted by atomic mass is 10.1. The fourth-order valence-electron chi connectivity index (χ4n) is 3.26. The van der Waals surface area contributed by atoms with Crippen molar-refractivity contribution in [2.24, 2.45) is 0 Å². The number of carbonyl (C=O) groups is 1. The maximum atomic E-state index is 13.6. The molecular weight excluding hydrogens is 511 g/mol. The molecule has 1 N–H and O–H groups in total. The molecule has 9 nitrogen and oxygen atoms in total. The van der Waals surface area contributed by atoms with Crippen molar-refractivity contribution >= 4 is 38.8 Å². The van der Waals surface area contributed by atoms with Crippen molar-refractivity contribution in [3.63, 3.8) is 0 Å². The van der Waals surface area contributed by atoms with Crippen molar-refractivity contribution in [2.75, 3.05) is 29.4 Å². The number of amides is 1. The second-order valence-corrected chi connectivity index (χ2v) is 11.3. The molecule has 0 atom stereocenters. The van der Waals surface area contributed by atoms with Crippen LogP contribution in [0, 0.1) is 0 Å². The summed E-state index contributed by atoms with van der Waals surface area (Å²) in [6, 6.07) is 4.08. The quantitative estimate of drug-likeness (QED) is 0.538. The van der Waals surface area contributed by atoms with Crippen LogP contribution in [-0.4, -0.2) is 51.0 Å². The Hall–Kier alpha value is -2.74. The van der Waals surface area contributed by atoms with Crippen LogP contribution in [0.5, 0.6) is 10.8 Å². The van der Waals surface area contributed by atoms with Gasteiger partial charge in [-0.2, -0.15) is 21.6 Å². The lowest BCUT2D eigenvalue weighted by Crippen LogP contribution is -2.44. The number of nitrogens with one attached hydrogen (secondary N) is 1. The molecule has 1 aromatic carbocycles. The molecule has 0 saturated heterocycles. The highest BCUT2D eigenvalue weighted by molar-refractivity contribution is 7.93. The number of hydrogen-bond donors (Lipinski definition) is 1. The molecule has 1 amide bonds. The van der Waals surface area contributed by atoms with Gasteiger partial charge in [-0.1, -0.05) is 11.3 Å². The molecule has 0 spiro atoms. The first-order valence-corrected chi connectivity index (χ1v) is 13.1. The Kier molecular flexibility index (Phi) is 6.55. The Bertz CT molecular complexity index is 1230. The van der Waals surface area contributed by atoms with E-state index in [0.29, 0.717) is 5.01 Å². The highest BCUT2D eigenvalue weighted by Crippen LogP contribution is 2.47. The summed E-state index contributed by atoms with van der Waals surface area (Å²) in [5.41, 5.74) is -2.59. The first kappa shape index (κ1) is 25.4. The van der Waals surface area contributed by atoms with E-state index in [1.165, 1.54) is 29.5 Å². The lowest BCUT2D eigenvalue weighted by Gasteiger charge is -2.30. The Morgan fingerprint density at radius 2 is 2.03 bits per heavy atom. The third-order valence-electron chi connectivity index (χ3n) is 5.38. The van der Waals surface area contributed by atoms with Crippen LogP contribution in [0.3, 0.4) is 0 Å². The number of aromatic nitrogens is 1. The van der Waals surface area contributed by atoms with Gasteiger partial charge < -0.3 is 14.2 Å². The Morgan fingerprint density at radius 1 is 1.31 bits per heavy atom. The van der Waals surface area contributed by atoms with Crippen molar-refractivity contribution in [3.8, 4) is 10.8 Å². The van der Waals surface area contributed by atoms with Crippen molar-refractivity contribution in [2.45, 2.75) is 56.3 Å². The molecule has 1 aliphatic carbocycles. The highest BCUT2D eigenvalue weighted by Gasteiger charge is 2.51. The van der Waals surface area contributed by atoms with Crippen molar-refractivity contribution in [1.82, 2.24) is 4.98 Å². The zero-order chi connectivity index (χ0) is 25.6. The lowest BCUT2D eigenvalue weighted by molar-refractivity contribution is -0.242. The van der Waals surface area contributed by atoms with E-state index in [0.717, 1.165) is 31.0 Å². The van der Waals surface area contributed by atoms with Crippen LogP contribution in [0.4, 0.5) is 29.3 Å². The summed E-state index contributed by atoms with van der Waals surface area (Å²) in [6.07, 6.45) is -4.24. The zero-order valence-corrected chi connectivity index (χ0v) is 20.8. The van der Waals surface area contributed by atoms with E-state index in [-0.39, 0.29) is 52.9 Å². The number of ether oxygens (including phenoxy) is 3. The van der Waals surface area contributed by atoms with E-state index in [2.05, 4.69) is 15.0 Å². The molecule has 1 fully saturated rings. The van der Waals surface area contributed by atoms with Crippen LogP contribution in [0.2, 0.25) is 0 Å². The van der Waals surface area contributed by atoms with Gasteiger partial charge in [-0.3, -0.25) is 9.62 Å². The maximum Gasteiger partial charge on any atom is 0.427 e. The molecule has 4 rings (SSSR count). The number of halogens is 3. The summed E-state index contributed by atoms with van der Waals surface area (Å²) in [5.74, 6) is 0.452. The number of benzene rings is 1. The Balaban J connectivity index is 1.63. The summed E-state index contributed by atoms with van der Waals surface area (Å²) >= 11 is 1.21. The fraction of sp³-hybridized carbons (Fsp3) is 0.524. The molecule has 14 heteroatoms. The summed E-state index contributed by atoms with van der Waals surface area (Å²) in [7, 11) is -4.17. The van der Waals surface area contributed by atoms with Gasteiger partial charge >= 0.3 is 12.3 Å². The number of nitrogens with zero attached hydrogens (tertiary/aromatic N) is 2. The molecule has 192 valence electrons. The number of sulfonamides is 1. The van der Waals surface area contributed by atoms with Crippen LogP contribution in [0.15, 0.2) is 23.2 Å². The maximum absolute atomic E-state index is 13.6. The average molecular weight is 536 g/mol. The number of rotatable bonds is 7. The van der Waals surface area contributed by atoms with Gasteiger partial charge in [-0.05, 0) is 51.8 Å². The second kappa shape index (κ2) is 9.04. The molecule has 2 heterocycles. The molecule has 2 aliphatic rings. The van der Waals surface area contributed by atoms with Gasteiger partial charge in [0.25, 0.3) is 10.0 Å². The monoisotopic (exact) mass is 535 g/mol. The standard InChI is InChI=1S/C21H24F3N3O6S2/c1-4-31-18-17(26-16(34-18)12-5-6-12)35(29,30)27-9-10-32-15-8-7-13(11-14(15)27)25-19(28)33-20(2,3)21(22,23)24/h7-8,11-12H,4-6,9-10H2,1-3H3,(H,25,28). The predicted molar refractivity (Wildman–Crippen MR) is 122 cm³/mol. The first-order valence-electron chi connectivity index (χ1n) is 10.8. The third-order valence-corrected chi connectivity index (χ3v) is 8.36. The summed E-state index contributed by atoms with van der Waals surface area (Å²) in [4.78, 5) is 16.5. The van der Waals surface area contributed by atoms with E-state index in [1.807, 2.05) is 0 Å². The predicted octanol–water partition coefficient (Wildman–Crippen LogP) is 4.90. The SMILES string of the molecule is CCOc1sc(C2CC2)nc1S(=O)(=O)N1CCOc2ccc(NC(=O)OC(C)(C)C(F)(F)F)cc21. The Labute approximate surface area is 204 Å². The van der Waals surface area contributed by atoms with E-state index < -0.39 is 27.9 Å². The number of hydrogen-bond acceptors (Lipinski definition) is 8. The summed E-state index contributed by atoms with van der Waals surface area (Å²) in [6.45, 7) is 3.49. The molecule has 35 heavy (non-hydrogen) atoms. The third kappa shape index (κ3) is 5.13. The van der Waals surface area contributed by atoms with Crippen LogP contribution in [0.1, 0.15) is 44.5 Å². The van der Waals surface area contributed by atoms with Crippen LogP contribution < -0.4 is 19.1 Å². The second-order valence-electron chi connectivity index (χ2n) is 8.48. The topological polar surface area (TPSA) is 107 Å². The van der Waals surface area contributed by atoms with E-state index >= 15 is 0 Å². The van der Waals surface area contributed by atoms with E-state index in [4.69, 9.17) is 9.47 Å². The van der Waals surface area contributed by atoms with Gasteiger partial charge in [-0.15, -0.1) is 0 Å². The molecular formula is C21H24F3N3O6S2. The molecule has 1 aliphatic heterocycles. The van der Waals surface area contributed by atoms with E-state index in [1.54, 1.807) is 6.92 Å². The van der Waals surface area contributed by atoms with Crippen molar-refractivity contribution in [1.29, 1.82) is 0 Å². The zero-order valence-electron chi connectivity index (χ0n) is 19.1. The highest BCUT2D eigenvalue weighted by atomic mass is 32.2. The van der Waals surface area contributed by atoms with Gasteiger partial charge in [0.15, 0.2) is 0 Å². The van der Waals surface area contributed by atoms with Gasteiger partial charge in [0.05, 0.1) is 18.8 Å². The van der Waals surface area contributed by atoms with Crippen molar-refractivity contribution < 1.29 is 40.6 Å². The fourth-order valence-corrected chi connectivity index (χ4v) is 6.20. The van der Waals surface area contributed by atoms with Gasteiger partial charge in [0.1, 0.15) is 17.4 Å². The smallest absolute Gasteiger partial charge is 0.427 e. The number of alkyl halides is 3. The number of anilines is 2. The molecule has 1 aromatic heterocycles.